The average Bonchev–Trinajstić information content (AvgIpc) is 2.85. The van der Waals surface area contributed by atoms with Crippen LogP contribution in [0.5, 0.6) is 0 Å². The SMILES string of the molecule is O=C(O)c1ccc(Cl)c(NC(=O)c2cscn2)c1. The number of aromatic carboxylic acids is 1. The maximum atomic E-state index is 11.7. The summed E-state index contributed by atoms with van der Waals surface area (Å²) in [6.45, 7) is 0. The number of anilines is 1. The molecule has 0 aliphatic rings. The molecule has 2 aromatic rings. The third-order valence-corrected chi connectivity index (χ3v) is 3.04. The number of carboxylic acids is 1. The molecule has 1 aromatic heterocycles. The van der Waals surface area contributed by atoms with Crippen molar-refractivity contribution in [1.29, 1.82) is 0 Å². The van der Waals surface area contributed by atoms with Gasteiger partial charge in [-0.2, -0.15) is 0 Å². The predicted molar refractivity (Wildman–Crippen MR) is 68.5 cm³/mol. The molecular weight excluding hydrogens is 276 g/mol. The van der Waals surface area contributed by atoms with Gasteiger partial charge in [0.25, 0.3) is 5.91 Å². The number of benzene rings is 1. The first kappa shape index (κ1) is 12.5. The summed E-state index contributed by atoms with van der Waals surface area (Å²) in [5.41, 5.74) is 2.09. The second-order valence-electron chi connectivity index (χ2n) is 3.33. The number of carboxylic acid groups (broad SMARTS) is 1. The number of amides is 1. The molecule has 2 N–H and O–H groups in total. The van der Waals surface area contributed by atoms with Crippen molar-refractivity contribution in [3.05, 3.63) is 45.4 Å². The Morgan fingerprint density at radius 3 is 2.78 bits per heavy atom. The molecule has 0 radical (unpaired) electrons. The number of aromatic nitrogens is 1. The Balaban J connectivity index is 2.26. The van der Waals surface area contributed by atoms with Gasteiger partial charge in [-0.1, -0.05) is 11.6 Å². The first-order chi connectivity index (χ1) is 8.58. The minimum Gasteiger partial charge on any atom is -0.478 e. The van der Waals surface area contributed by atoms with E-state index < -0.39 is 11.9 Å². The van der Waals surface area contributed by atoms with Crippen LogP contribution in [0.4, 0.5) is 5.69 Å². The first-order valence-corrected chi connectivity index (χ1v) is 6.12. The van der Waals surface area contributed by atoms with E-state index >= 15 is 0 Å². The number of carbonyl (C=O) groups excluding carboxylic acids is 1. The quantitative estimate of drug-likeness (QED) is 0.907. The smallest absolute Gasteiger partial charge is 0.335 e. The van der Waals surface area contributed by atoms with E-state index in [-0.39, 0.29) is 22.0 Å². The third kappa shape index (κ3) is 2.66. The number of thiazole rings is 1. The molecule has 0 atom stereocenters. The van der Waals surface area contributed by atoms with E-state index in [1.807, 2.05) is 0 Å². The van der Waals surface area contributed by atoms with E-state index in [1.54, 1.807) is 5.38 Å². The predicted octanol–water partition coefficient (Wildman–Crippen LogP) is 2.75. The maximum absolute atomic E-state index is 11.7. The van der Waals surface area contributed by atoms with Crippen molar-refractivity contribution in [2.75, 3.05) is 5.32 Å². The van der Waals surface area contributed by atoms with Crippen LogP contribution in [0, 0.1) is 0 Å². The summed E-state index contributed by atoms with van der Waals surface area (Å²) in [5, 5.41) is 13.2. The van der Waals surface area contributed by atoms with Crippen molar-refractivity contribution in [2.45, 2.75) is 0 Å². The van der Waals surface area contributed by atoms with Gasteiger partial charge in [0.05, 0.1) is 21.8 Å². The maximum Gasteiger partial charge on any atom is 0.335 e. The fourth-order valence-electron chi connectivity index (χ4n) is 1.27. The molecule has 1 heterocycles. The first-order valence-electron chi connectivity index (χ1n) is 4.80. The van der Waals surface area contributed by atoms with Gasteiger partial charge < -0.3 is 10.4 Å². The highest BCUT2D eigenvalue weighted by molar-refractivity contribution is 7.07. The average molecular weight is 283 g/mol. The van der Waals surface area contributed by atoms with Gasteiger partial charge in [0.15, 0.2) is 0 Å². The van der Waals surface area contributed by atoms with Gasteiger partial charge in [0, 0.05) is 5.38 Å². The molecule has 0 saturated heterocycles. The summed E-state index contributed by atoms with van der Waals surface area (Å²) < 4.78 is 0. The van der Waals surface area contributed by atoms with Gasteiger partial charge >= 0.3 is 5.97 Å². The van der Waals surface area contributed by atoms with Crippen LogP contribution < -0.4 is 5.32 Å². The molecular formula is C11H7ClN2O3S. The molecule has 0 bridgehead atoms. The highest BCUT2D eigenvalue weighted by atomic mass is 35.5. The number of hydrogen-bond donors (Lipinski definition) is 2. The lowest BCUT2D eigenvalue weighted by molar-refractivity contribution is 0.0696. The molecule has 0 aliphatic carbocycles. The summed E-state index contributed by atoms with van der Waals surface area (Å²) >= 11 is 7.17. The fraction of sp³-hybridized carbons (Fsp3) is 0. The number of carbonyl (C=O) groups is 2. The summed E-state index contributed by atoms with van der Waals surface area (Å²) in [6.07, 6.45) is 0. The van der Waals surface area contributed by atoms with Gasteiger partial charge in [-0.15, -0.1) is 11.3 Å². The van der Waals surface area contributed by atoms with Crippen LogP contribution in [0.1, 0.15) is 20.8 Å². The van der Waals surface area contributed by atoms with E-state index in [0.717, 1.165) is 0 Å². The molecule has 0 unspecified atom stereocenters. The normalized spacial score (nSPS) is 10.1. The minimum atomic E-state index is -1.09. The molecule has 1 amide bonds. The van der Waals surface area contributed by atoms with E-state index in [9.17, 15) is 9.59 Å². The van der Waals surface area contributed by atoms with Gasteiger partial charge in [-0.25, -0.2) is 9.78 Å². The highest BCUT2D eigenvalue weighted by Gasteiger charge is 2.12. The Bertz CT molecular complexity index is 598. The molecule has 0 aliphatic heterocycles. The Kier molecular flexibility index (Phi) is 3.59. The topological polar surface area (TPSA) is 79.3 Å². The Morgan fingerprint density at radius 2 is 2.17 bits per heavy atom. The van der Waals surface area contributed by atoms with Gasteiger partial charge in [0.1, 0.15) is 5.69 Å². The van der Waals surface area contributed by atoms with Crippen molar-refractivity contribution in [3.8, 4) is 0 Å². The van der Waals surface area contributed by atoms with Gasteiger partial charge in [-0.05, 0) is 18.2 Å². The molecule has 2 rings (SSSR count). The van der Waals surface area contributed by atoms with Crippen LogP contribution in [-0.4, -0.2) is 22.0 Å². The molecule has 7 heteroatoms. The zero-order valence-electron chi connectivity index (χ0n) is 8.88. The van der Waals surface area contributed by atoms with Crippen molar-refractivity contribution in [1.82, 2.24) is 4.98 Å². The summed E-state index contributed by atoms with van der Waals surface area (Å²) in [6, 6.07) is 4.08. The summed E-state index contributed by atoms with van der Waals surface area (Å²) in [7, 11) is 0. The van der Waals surface area contributed by atoms with Crippen LogP contribution in [0.15, 0.2) is 29.1 Å². The Morgan fingerprint density at radius 1 is 1.39 bits per heavy atom. The van der Waals surface area contributed by atoms with Crippen LogP contribution in [0.25, 0.3) is 0 Å². The zero-order valence-corrected chi connectivity index (χ0v) is 10.5. The fourth-order valence-corrected chi connectivity index (χ4v) is 1.96. The number of halogens is 1. The lowest BCUT2D eigenvalue weighted by Crippen LogP contribution is -2.13. The molecule has 0 saturated carbocycles. The highest BCUT2D eigenvalue weighted by Crippen LogP contribution is 2.23. The number of rotatable bonds is 3. The summed E-state index contributed by atoms with van der Waals surface area (Å²) in [4.78, 5) is 26.4. The van der Waals surface area contributed by atoms with E-state index in [2.05, 4.69) is 10.3 Å². The van der Waals surface area contributed by atoms with Crippen LogP contribution in [0.3, 0.4) is 0 Å². The lowest BCUT2D eigenvalue weighted by Gasteiger charge is -2.06. The van der Waals surface area contributed by atoms with Crippen LogP contribution in [-0.2, 0) is 0 Å². The number of nitrogens with zero attached hydrogens (tertiary/aromatic N) is 1. The Labute approximate surface area is 111 Å². The standard InChI is InChI=1S/C11H7ClN2O3S/c12-7-2-1-6(11(16)17)3-8(7)14-10(15)9-4-18-5-13-9/h1-5H,(H,14,15)(H,16,17). The Hall–Kier alpha value is -1.92. The lowest BCUT2D eigenvalue weighted by atomic mass is 10.2. The molecule has 92 valence electrons. The van der Waals surface area contributed by atoms with Crippen LogP contribution >= 0.6 is 22.9 Å². The van der Waals surface area contributed by atoms with E-state index in [0.29, 0.717) is 0 Å². The van der Waals surface area contributed by atoms with Crippen molar-refractivity contribution < 1.29 is 14.7 Å². The molecule has 1 aromatic carbocycles. The second-order valence-corrected chi connectivity index (χ2v) is 4.45. The monoisotopic (exact) mass is 282 g/mol. The van der Waals surface area contributed by atoms with Crippen molar-refractivity contribution in [3.63, 3.8) is 0 Å². The molecule has 0 spiro atoms. The van der Waals surface area contributed by atoms with Gasteiger partial charge in [-0.3, -0.25) is 4.79 Å². The molecule has 5 nitrogen and oxygen atoms in total. The number of hydrogen-bond acceptors (Lipinski definition) is 4. The zero-order chi connectivity index (χ0) is 13.1. The third-order valence-electron chi connectivity index (χ3n) is 2.13. The largest absolute Gasteiger partial charge is 0.478 e. The second kappa shape index (κ2) is 5.16. The van der Waals surface area contributed by atoms with Crippen LogP contribution in [0.2, 0.25) is 5.02 Å². The van der Waals surface area contributed by atoms with Crippen molar-refractivity contribution >= 4 is 40.5 Å². The summed E-state index contributed by atoms with van der Waals surface area (Å²) in [5.74, 6) is -1.52. The minimum absolute atomic E-state index is 0.0491. The number of nitrogens with one attached hydrogen (secondary N) is 1. The van der Waals surface area contributed by atoms with Crippen molar-refractivity contribution in [2.24, 2.45) is 0 Å². The molecule has 18 heavy (non-hydrogen) atoms. The van der Waals surface area contributed by atoms with E-state index in [1.165, 1.54) is 35.0 Å². The van der Waals surface area contributed by atoms with Gasteiger partial charge in [0.2, 0.25) is 0 Å². The molecule has 0 fully saturated rings. The van der Waals surface area contributed by atoms with E-state index in [4.69, 9.17) is 16.7 Å².